The van der Waals surface area contributed by atoms with Gasteiger partial charge in [0.2, 0.25) is 0 Å². The first kappa shape index (κ1) is 8.52. The third kappa shape index (κ3) is 1.50. The van der Waals surface area contributed by atoms with Crippen molar-refractivity contribution in [2.45, 2.75) is 51.0 Å². The molecule has 70 valence electrons. The van der Waals surface area contributed by atoms with Crippen LogP contribution in [-0.4, -0.2) is 6.04 Å². The van der Waals surface area contributed by atoms with Gasteiger partial charge in [0, 0.05) is 6.04 Å². The summed E-state index contributed by atoms with van der Waals surface area (Å²) >= 11 is 0. The van der Waals surface area contributed by atoms with E-state index in [-0.39, 0.29) is 0 Å². The van der Waals surface area contributed by atoms with Crippen LogP contribution < -0.4 is 11.3 Å². The lowest BCUT2D eigenvalue weighted by Gasteiger charge is -2.41. The molecule has 0 aromatic heterocycles. The Kier molecular flexibility index (Phi) is 2.66. The molecule has 2 heteroatoms. The minimum absolute atomic E-state index is 0.629. The Labute approximate surface area is 74.9 Å². The van der Waals surface area contributed by atoms with Gasteiger partial charge in [-0.25, -0.2) is 0 Å². The summed E-state index contributed by atoms with van der Waals surface area (Å²) in [5.74, 6) is 7.45. The molecule has 2 fully saturated rings. The number of hydrazine groups is 1. The standard InChI is InChI=1S/C10H20N2/c11-12-10-7-3-5-8-4-1-2-6-9(8)10/h8-10,12H,1-7,11H2. The Morgan fingerprint density at radius 3 is 2.50 bits per heavy atom. The number of rotatable bonds is 1. The molecule has 12 heavy (non-hydrogen) atoms. The van der Waals surface area contributed by atoms with Gasteiger partial charge in [-0.05, 0) is 24.7 Å². The number of nitrogens with two attached hydrogens (primary N) is 1. The normalized spacial score (nSPS) is 42.2. The Hall–Kier alpha value is -0.0800. The van der Waals surface area contributed by atoms with Crippen LogP contribution in [0.5, 0.6) is 0 Å². The van der Waals surface area contributed by atoms with Crippen molar-refractivity contribution in [3.63, 3.8) is 0 Å². The maximum atomic E-state index is 5.56. The Morgan fingerprint density at radius 1 is 0.917 bits per heavy atom. The largest absolute Gasteiger partial charge is 0.271 e. The van der Waals surface area contributed by atoms with Crippen LogP contribution in [0.15, 0.2) is 0 Å². The van der Waals surface area contributed by atoms with E-state index in [9.17, 15) is 0 Å². The fraction of sp³-hybridized carbons (Fsp3) is 1.00. The molecule has 0 radical (unpaired) electrons. The summed E-state index contributed by atoms with van der Waals surface area (Å²) in [4.78, 5) is 0. The van der Waals surface area contributed by atoms with E-state index in [2.05, 4.69) is 5.43 Å². The second-order valence-corrected chi connectivity index (χ2v) is 4.41. The maximum absolute atomic E-state index is 5.56. The van der Waals surface area contributed by atoms with Gasteiger partial charge < -0.3 is 0 Å². The molecule has 0 aromatic carbocycles. The number of nitrogens with one attached hydrogen (secondary N) is 1. The van der Waals surface area contributed by atoms with Gasteiger partial charge in [0.15, 0.2) is 0 Å². The fourth-order valence-corrected chi connectivity index (χ4v) is 3.15. The van der Waals surface area contributed by atoms with Crippen molar-refractivity contribution in [3.05, 3.63) is 0 Å². The van der Waals surface area contributed by atoms with Gasteiger partial charge >= 0.3 is 0 Å². The highest BCUT2D eigenvalue weighted by molar-refractivity contribution is 4.87. The monoisotopic (exact) mass is 168 g/mol. The molecule has 0 aromatic rings. The van der Waals surface area contributed by atoms with Crippen LogP contribution in [0.2, 0.25) is 0 Å². The van der Waals surface area contributed by atoms with Gasteiger partial charge in [0.05, 0.1) is 0 Å². The van der Waals surface area contributed by atoms with Crippen LogP contribution >= 0.6 is 0 Å². The molecule has 0 heterocycles. The number of fused-ring (bicyclic) bond motifs is 1. The predicted octanol–water partition coefficient (Wildman–Crippen LogP) is 1.81. The van der Waals surface area contributed by atoms with Crippen LogP contribution in [0.25, 0.3) is 0 Å². The molecule has 2 rings (SSSR count). The summed E-state index contributed by atoms with van der Waals surface area (Å²) in [6.07, 6.45) is 9.91. The molecule has 0 aliphatic heterocycles. The first-order chi connectivity index (χ1) is 5.92. The van der Waals surface area contributed by atoms with Gasteiger partial charge in [-0.1, -0.05) is 32.1 Å². The van der Waals surface area contributed by atoms with Crippen LogP contribution in [0, 0.1) is 11.8 Å². The molecular weight excluding hydrogens is 148 g/mol. The molecule has 0 saturated heterocycles. The fourth-order valence-electron chi connectivity index (χ4n) is 3.15. The van der Waals surface area contributed by atoms with Crippen LogP contribution in [0.4, 0.5) is 0 Å². The van der Waals surface area contributed by atoms with Crippen molar-refractivity contribution in [3.8, 4) is 0 Å². The Balaban J connectivity index is 1.99. The van der Waals surface area contributed by atoms with Gasteiger partial charge in [0.1, 0.15) is 0 Å². The lowest BCUT2D eigenvalue weighted by molar-refractivity contribution is 0.126. The van der Waals surface area contributed by atoms with Gasteiger partial charge in [-0.3, -0.25) is 11.3 Å². The van der Waals surface area contributed by atoms with E-state index in [1.165, 1.54) is 44.9 Å². The average molecular weight is 168 g/mol. The summed E-state index contributed by atoms with van der Waals surface area (Å²) in [7, 11) is 0. The van der Waals surface area contributed by atoms with Crippen LogP contribution in [-0.2, 0) is 0 Å². The van der Waals surface area contributed by atoms with Crippen LogP contribution in [0.1, 0.15) is 44.9 Å². The first-order valence-corrected chi connectivity index (χ1v) is 5.38. The van der Waals surface area contributed by atoms with E-state index in [1.54, 1.807) is 0 Å². The van der Waals surface area contributed by atoms with E-state index in [4.69, 9.17) is 5.84 Å². The third-order valence-corrected chi connectivity index (χ3v) is 3.79. The highest BCUT2D eigenvalue weighted by Crippen LogP contribution is 2.40. The maximum Gasteiger partial charge on any atom is 0.0241 e. The summed E-state index contributed by atoms with van der Waals surface area (Å²) in [5, 5.41) is 0. The molecule has 0 bridgehead atoms. The second kappa shape index (κ2) is 3.75. The smallest absolute Gasteiger partial charge is 0.0241 e. The number of hydrogen-bond acceptors (Lipinski definition) is 2. The summed E-state index contributed by atoms with van der Waals surface area (Å²) < 4.78 is 0. The molecule has 3 unspecified atom stereocenters. The van der Waals surface area contributed by atoms with Gasteiger partial charge in [0.25, 0.3) is 0 Å². The molecule has 0 spiro atoms. The molecule has 3 atom stereocenters. The molecule has 3 N–H and O–H groups in total. The molecule has 2 aliphatic rings. The van der Waals surface area contributed by atoms with Gasteiger partial charge in [-0.15, -0.1) is 0 Å². The lowest BCUT2D eigenvalue weighted by atomic mass is 9.68. The topological polar surface area (TPSA) is 38.0 Å². The van der Waals surface area contributed by atoms with Crippen molar-refractivity contribution in [1.82, 2.24) is 5.43 Å². The average Bonchev–Trinajstić information content (AvgIpc) is 2.17. The first-order valence-electron chi connectivity index (χ1n) is 5.38. The number of hydrogen-bond donors (Lipinski definition) is 2. The minimum Gasteiger partial charge on any atom is -0.271 e. The Bertz CT molecular complexity index is 138. The zero-order valence-electron chi connectivity index (χ0n) is 7.76. The summed E-state index contributed by atoms with van der Waals surface area (Å²) in [6.45, 7) is 0. The SMILES string of the molecule is NNC1CCCC2CCCCC21. The highest BCUT2D eigenvalue weighted by Gasteiger charge is 2.33. The van der Waals surface area contributed by atoms with Crippen molar-refractivity contribution in [2.24, 2.45) is 17.7 Å². The van der Waals surface area contributed by atoms with E-state index < -0.39 is 0 Å². The molecule has 2 saturated carbocycles. The van der Waals surface area contributed by atoms with Crippen molar-refractivity contribution < 1.29 is 0 Å². The van der Waals surface area contributed by atoms with E-state index in [0.717, 1.165) is 11.8 Å². The Morgan fingerprint density at radius 2 is 1.67 bits per heavy atom. The van der Waals surface area contributed by atoms with Crippen molar-refractivity contribution in [2.75, 3.05) is 0 Å². The third-order valence-electron chi connectivity index (χ3n) is 3.79. The van der Waals surface area contributed by atoms with E-state index >= 15 is 0 Å². The minimum atomic E-state index is 0.629. The van der Waals surface area contributed by atoms with Crippen molar-refractivity contribution >= 4 is 0 Å². The summed E-state index contributed by atoms with van der Waals surface area (Å²) in [6, 6.07) is 0.629. The second-order valence-electron chi connectivity index (χ2n) is 4.41. The summed E-state index contributed by atoms with van der Waals surface area (Å²) in [5.41, 5.74) is 3.00. The lowest BCUT2D eigenvalue weighted by Crippen LogP contribution is -2.46. The van der Waals surface area contributed by atoms with Crippen LogP contribution in [0.3, 0.4) is 0 Å². The van der Waals surface area contributed by atoms with Crippen molar-refractivity contribution in [1.29, 1.82) is 0 Å². The highest BCUT2D eigenvalue weighted by atomic mass is 15.2. The molecule has 2 nitrogen and oxygen atoms in total. The molecular formula is C10H20N2. The molecule has 0 amide bonds. The molecule has 2 aliphatic carbocycles. The zero-order valence-corrected chi connectivity index (χ0v) is 7.76. The zero-order chi connectivity index (χ0) is 8.39. The van der Waals surface area contributed by atoms with E-state index in [1.807, 2.05) is 0 Å². The predicted molar refractivity (Wildman–Crippen MR) is 50.4 cm³/mol. The van der Waals surface area contributed by atoms with E-state index in [0.29, 0.717) is 6.04 Å². The van der Waals surface area contributed by atoms with Gasteiger partial charge in [-0.2, -0.15) is 0 Å². The quantitative estimate of drug-likeness (QED) is 0.463.